The minimum atomic E-state index is -0.0673. The quantitative estimate of drug-likeness (QED) is 0.363. The maximum atomic E-state index is 12.7. The number of rotatable bonds is 9. The molecule has 3 aromatic rings. The smallest absolute Gasteiger partial charge is 0.189 e. The van der Waals surface area contributed by atoms with Crippen LogP contribution in [-0.2, 0) is 13.7 Å². The van der Waals surface area contributed by atoms with Gasteiger partial charge in [-0.1, -0.05) is 24.3 Å². The Balaban J connectivity index is 1.79. The molecule has 1 heterocycles. The van der Waals surface area contributed by atoms with Gasteiger partial charge in [0.2, 0.25) is 0 Å². The predicted octanol–water partition coefficient (Wildman–Crippen LogP) is 4.92. The summed E-state index contributed by atoms with van der Waals surface area (Å²) in [5.74, 6) is 2.02. The summed E-state index contributed by atoms with van der Waals surface area (Å²) in [4.78, 5) is 12.7. The zero-order chi connectivity index (χ0) is 22.4. The second kappa shape index (κ2) is 9.98. The monoisotopic (exact) mass is 420 g/mol. The Morgan fingerprint density at radius 3 is 2.39 bits per heavy atom. The highest BCUT2D eigenvalue weighted by molar-refractivity contribution is 6.08. The molecule has 31 heavy (non-hydrogen) atoms. The number of ketones is 1. The Hall–Kier alpha value is -3.54. The Morgan fingerprint density at radius 1 is 1.06 bits per heavy atom. The van der Waals surface area contributed by atoms with E-state index in [1.807, 2.05) is 70.3 Å². The average molecular weight is 421 g/mol. The first-order chi connectivity index (χ1) is 14.9. The molecule has 3 rings (SSSR count). The lowest BCUT2D eigenvalue weighted by Gasteiger charge is -2.14. The van der Waals surface area contributed by atoms with Crippen LogP contribution in [0.25, 0.3) is 6.08 Å². The third kappa shape index (κ3) is 5.15. The predicted molar refractivity (Wildman–Crippen MR) is 121 cm³/mol. The summed E-state index contributed by atoms with van der Waals surface area (Å²) in [6.45, 7) is 6.55. The minimum absolute atomic E-state index is 0.0673. The number of aryl methyl sites for hydroxylation is 2. The number of para-hydroxylation sites is 2. The van der Waals surface area contributed by atoms with Gasteiger partial charge in [-0.15, -0.1) is 0 Å². The van der Waals surface area contributed by atoms with E-state index in [0.29, 0.717) is 30.3 Å². The van der Waals surface area contributed by atoms with Crippen LogP contribution in [0.3, 0.4) is 0 Å². The van der Waals surface area contributed by atoms with Crippen molar-refractivity contribution in [3.05, 3.63) is 76.6 Å². The first-order valence-electron chi connectivity index (χ1n) is 10.2. The van der Waals surface area contributed by atoms with Crippen LogP contribution in [0.4, 0.5) is 0 Å². The van der Waals surface area contributed by atoms with E-state index in [9.17, 15) is 4.79 Å². The first-order valence-corrected chi connectivity index (χ1v) is 10.2. The van der Waals surface area contributed by atoms with Gasteiger partial charge < -0.3 is 14.2 Å². The number of carbonyl (C=O) groups is 1. The van der Waals surface area contributed by atoms with Crippen LogP contribution in [0.1, 0.15) is 39.8 Å². The summed E-state index contributed by atoms with van der Waals surface area (Å²) >= 11 is 0. The third-order valence-electron chi connectivity index (χ3n) is 5.02. The molecule has 162 valence electrons. The second-order valence-electron chi connectivity index (χ2n) is 7.11. The van der Waals surface area contributed by atoms with E-state index in [2.05, 4.69) is 5.10 Å². The van der Waals surface area contributed by atoms with Crippen LogP contribution in [0, 0.1) is 13.8 Å². The number of nitrogens with zero attached hydrogens (tertiary/aromatic N) is 2. The molecule has 0 atom stereocenters. The normalized spacial score (nSPS) is 11.0. The molecule has 0 saturated carbocycles. The number of carbonyl (C=O) groups excluding carboxylic acids is 1. The molecule has 2 aromatic carbocycles. The van der Waals surface area contributed by atoms with Crippen molar-refractivity contribution in [1.82, 2.24) is 9.78 Å². The van der Waals surface area contributed by atoms with E-state index >= 15 is 0 Å². The second-order valence-corrected chi connectivity index (χ2v) is 7.11. The fourth-order valence-corrected chi connectivity index (χ4v) is 3.40. The van der Waals surface area contributed by atoms with Crippen LogP contribution >= 0.6 is 0 Å². The first kappa shape index (κ1) is 22.2. The van der Waals surface area contributed by atoms with Gasteiger partial charge in [-0.05, 0) is 56.7 Å². The summed E-state index contributed by atoms with van der Waals surface area (Å²) in [5.41, 5.74) is 3.97. The highest BCUT2D eigenvalue weighted by atomic mass is 16.5. The summed E-state index contributed by atoms with van der Waals surface area (Å²) in [6, 6.07) is 13.3. The lowest BCUT2D eigenvalue weighted by atomic mass is 10.1. The van der Waals surface area contributed by atoms with E-state index in [4.69, 9.17) is 14.2 Å². The highest BCUT2D eigenvalue weighted by Gasteiger charge is 2.15. The molecule has 0 radical (unpaired) electrons. The molecule has 6 heteroatoms. The van der Waals surface area contributed by atoms with Crippen LogP contribution in [0.15, 0.2) is 48.5 Å². The Bertz CT molecular complexity index is 1100. The van der Waals surface area contributed by atoms with Crippen LogP contribution < -0.4 is 14.2 Å². The standard InChI is InChI=1S/C25H28N2O4/c1-6-30-23-9-7-8-10-24(23)31-16-20-15-19(12-14-22(20)29-5)11-13-21(28)25-17(2)26-27(4)18(25)3/h7-15H,6,16H2,1-5H3/b13-11+. The Kier molecular flexibility index (Phi) is 7.13. The number of benzene rings is 2. The van der Waals surface area contributed by atoms with E-state index in [1.54, 1.807) is 23.9 Å². The molecule has 0 spiro atoms. The number of allylic oxidation sites excluding steroid dienone is 1. The van der Waals surface area contributed by atoms with E-state index in [1.165, 1.54) is 0 Å². The summed E-state index contributed by atoms with van der Waals surface area (Å²) in [7, 11) is 3.46. The minimum Gasteiger partial charge on any atom is -0.496 e. The summed E-state index contributed by atoms with van der Waals surface area (Å²) in [6.07, 6.45) is 3.37. The maximum Gasteiger partial charge on any atom is 0.189 e. The molecule has 0 aliphatic heterocycles. The lowest BCUT2D eigenvalue weighted by Crippen LogP contribution is -2.02. The van der Waals surface area contributed by atoms with Gasteiger partial charge in [0.05, 0.1) is 25.0 Å². The molecule has 0 fully saturated rings. The number of hydrogen-bond acceptors (Lipinski definition) is 5. The molecule has 0 N–H and O–H groups in total. The van der Waals surface area contributed by atoms with Crippen molar-refractivity contribution in [2.45, 2.75) is 27.4 Å². The number of ether oxygens (including phenoxy) is 3. The topological polar surface area (TPSA) is 62.6 Å². The number of methoxy groups -OCH3 is 1. The van der Waals surface area contributed by atoms with Crippen molar-refractivity contribution in [1.29, 1.82) is 0 Å². The van der Waals surface area contributed by atoms with Crippen molar-refractivity contribution < 1.29 is 19.0 Å². The largest absolute Gasteiger partial charge is 0.496 e. The number of hydrogen-bond donors (Lipinski definition) is 0. The molecule has 1 aromatic heterocycles. The zero-order valence-electron chi connectivity index (χ0n) is 18.6. The fraction of sp³-hybridized carbons (Fsp3) is 0.280. The molecule has 0 aliphatic carbocycles. The van der Waals surface area contributed by atoms with Gasteiger partial charge in [-0.2, -0.15) is 5.10 Å². The molecular formula is C25H28N2O4. The molecule has 0 unspecified atom stereocenters. The van der Waals surface area contributed by atoms with Gasteiger partial charge >= 0.3 is 0 Å². The summed E-state index contributed by atoms with van der Waals surface area (Å²) in [5, 5.41) is 4.32. The fourth-order valence-electron chi connectivity index (χ4n) is 3.40. The maximum absolute atomic E-state index is 12.7. The van der Waals surface area contributed by atoms with E-state index in [0.717, 1.165) is 28.3 Å². The molecule has 0 bridgehead atoms. The Labute approximate surface area is 183 Å². The zero-order valence-corrected chi connectivity index (χ0v) is 18.6. The average Bonchev–Trinajstić information content (AvgIpc) is 3.03. The molecule has 0 amide bonds. The van der Waals surface area contributed by atoms with Crippen LogP contribution in [-0.4, -0.2) is 29.3 Å². The van der Waals surface area contributed by atoms with Gasteiger partial charge in [0, 0.05) is 18.3 Å². The molecular weight excluding hydrogens is 392 g/mol. The van der Waals surface area contributed by atoms with Crippen molar-refractivity contribution in [3.8, 4) is 17.2 Å². The van der Waals surface area contributed by atoms with Gasteiger partial charge in [0.1, 0.15) is 12.4 Å². The third-order valence-corrected chi connectivity index (χ3v) is 5.02. The Morgan fingerprint density at radius 2 is 1.77 bits per heavy atom. The molecule has 0 aliphatic rings. The van der Waals surface area contributed by atoms with Gasteiger partial charge in [-0.3, -0.25) is 9.48 Å². The van der Waals surface area contributed by atoms with Gasteiger partial charge in [-0.25, -0.2) is 0 Å². The SMILES string of the molecule is CCOc1ccccc1OCc1cc(/C=C/C(=O)c2c(C)nn(C)c2C)ccc1OC. The van der Waals surface area contributed by atoms with Gasteiger partial charge in [0.15, 0.2) is 17.3 Å². The van der Waals surface area contributed by atoms with Crippen molar-refractivity contribution in [2.24, 2.45) is 7.05 Å². The molecule has 0 saturated heterocycles. The highest BCUT2D eigenvalue weighted by Crippen LogP contribution is 2.29. The van der Waals surface area contributed by atoms with Crippen molar-refractivity contribution in [2.75, 3.05) is 13.7 Å². The van der Waals surface area contributed by atoms with Crippen LogP contribution in [0.5, 0.6) is 17.2 Å². The lowest BCUT2D eigenvalue weighted by molar-refractivity contribution is 0.104. The number of aromatic nitrogens is 2. The van der Waals surface area contributed by atoms with E-state index < -0.39 is 0 Å². The van der Waals surface area contributed by atoms with Crippen molar-refractivity contribution in [3.63, 3.8) is 0 Å². The van der Waals surface area contributed by atoms with E-state index in [-0.39, 0.29) is 5.78 Å². The van der Waals surface area contributed by atoms with Gasteiger partial charge in [0.25, 0.3) is 0 Å². The molecule has 6 nitrogen and oxygen atoms in total. The van der Waals surface area contributed by atoms with Crippen molar-refractivity contribution >= 4 is 11.9 Å². The van der Waals surface area contributed by atoms with Crippen LogP contribution in [0.2, 0.25) is 0 Å². The summed E-state index contributed by atoms with van der Waals surface area (Å²) < 4.78 is 18.8.